The van der Waals surface area contributed by atoms with E-state index in [2.05, 4.69) is 11.9 Å². The molecular formula is C12H21NO2. The maximum absolute atomic E-state index is 10.7. The largest absolute Gasteiger partial charge is 0.481 e. The van der Waals surface area contributed by atoms with Gasteiger partial charge in [-0.3, -0.25) is 4.79 Å². The second kappa shape index (κ2) is 4.52. The highest BCUT2D eigenvalue weighted by Gasteiger charge is 2.43. The number of hydrogen-bond acceptors (Lipinski definition) is 2. The summed E-state index contributed by atoms with van der Waals surface area (Å²) in [5, 5.41) is 8.80. The molecule has 3 heteroatoms. The van der Waals surface area contributed by atoms with E-state index in [1.165, 1.54) is 32.2 Å². The standard InChI is InChI=1S/C12H21NO2/c1-13(7-9-4-2-3-5-9)8-10-6-11(10)12(14)15/h9-11H,2-8H2,1H3,(H,14,15). The number of nitrogens with zero attached hydrogens (tertiary/aromatic N) is 1. The lowest BCUT2D eigenvalue weighted by Gasteiger charge is -2.20. The van der Waals surface area contributed by atoms with Gasteiger partial charge in [0.15, 0.2) is 0 Å². The highest BCUT2D eigenvalue weighted by molar-refractivity contribution is 5.73. The fourth-order valence-corrected chi connectivity index (χ4v) is 2.86. The van der Waals surface area contributed by atoms with E-state index in [1.54, 1.807) is 0 Å². The van der Waals surface area contributed by atoms with Crippen molar-refractivity contribution in [3.8, 4) is 0 Å². The van der Waals surface area contributed by atoms with Gasteiger partial charge in [0, 0.05) is 13.1 Å². The maximum Gasteiger partial charge on any atom is 0.306 e. The summed E-state index contributed by atoms with van der Waals surface area (Å²) in [6.45, 7) is 2.15. The molecule has 2 fully saturated rings. The van der Waals surface area contributed by atoms with Gasteiger partial charge in [0.2, 0.25) is 0 Å². The molecule has 0 radical (unpaired) electrons. The molecule has 0 aromatic carbocycles. The quantitative estimate of drug-likeness (QED) is 0.754. The third-order valence-electron chi connectivity index (χ3n) is 3.83. The Bertz CT molecular complexity index is 236. The van der Waals surface area contributed by atoms with E-state index >= 15 is 0 Å². The maximum atomic E-state index is 10.7. The van der Waals surface area contributed by atoms with Crippen LogP contribution in [0.1, 0.15) is 32.1 Å². The molecule has 86 valence electrons. The molecule has 2 aliphatic rings. The Balaban J connectivity index is 1.65. The molecule has 2 rings (SSSR count). The SMILES string of the molecule is CN(CC1CCCC1)CC1CC1C(=O)O. The lowest BCUT2D eigenvalue weighted by molar-refractivity contribution is -0.138. The average Bonchev–Trinajstić information content (AvgIpc) is 2.73. The number of aliphatic carboxylic acids is 1. The number of rotatable bonds is 5. The number of hydrogen-bond donors (Lipinski definition) is 1. The molecule has 3 nitrogen and oxygen atoms in total. The van der Waals surface area contributed by atoms with Crippen molar-refractivity contribution in [1.82, 2.24) is 4.90 Å². The van der Waals surface area contributed by atoms with Gasteiger partial charge in [0.1, 0.15) is 0 Å². The Labute approximate surface area is 91.5 Å². The number of carbonyl (C=O) groups is 1. The summed E-state index contributed by atoms with van der Waals surface area (Å²) in [4.78, 5) is 13.0. The first-order valence-electron chi connectivity index (χ1n) is 6.08. The zero-order valence-electron chi connectivity index (χ0n) is 9.48. The first kappa shape index (κ1) is 10.9. The van der Waals surface area contributed by atoms with Gasteiger partial charge >= 0.3 is 5.97 Å². The predicted molar refractivity (Wildman–Crippen MR) is 58.7 cm³/mol. The lowest BCUT2D eigenvalue weighted by atomic mass is 10.1. The minimum Gasteiger partial charge on any atom is -0.481 e. The van der Waals surface area contributed by atoms with Crippen molar-refractivity contribution in [2.75, 3.05) is 20.1 Å². The monoisotopic (exact) mass is 211 g/mol. The van der Waals surface area contributed by atoms with Crippen LogP contribution in [0.3, 0.4) is 0 Å². The molecule has 2 saturated carbocycles. The minimum atomic E-state index is -0.603. The Kier molecular flexibility index (Phi) is 3.29. The second-order valence-electron chi connectivity index (χ2n) is 5.31. The molecule has 0 amide bonds. The van der Waals surface area contributed by atoms with Gasteiger partial charge in [-0.1, -0.05) is 12.8 Å². The molecule has 0 saturated heterocycles. The van der Waals surface area contributed by atoms with Crippen molar-refractivity contribution in [3.05, 3.63) is 0 Å². The highest BCUT2D eigenvalue weighted by atomic mass is 16.4. The van der Waals surface area contributed by atoms with Crippen molar-refractivity contribution >= 4 is 5.97 Å². The average molecular weight is 211 g/mol. The normalized spacial score (nSPS) is 31.1. The molecule has 0 aromatic rings. The van der Waals surface area contributed by atoms with E-state index < -0.39 is 5.97 Å². The highest BCUT2D eigenvalue weighted by Crippen LogP contribution is 2.39. The van der Waals surface area contributed by atoms with Crippen molar-refractivity contribution < 1.29 is 9.90 Å². The summed E-state index contributed by atoms with van der Waals surface area (Å²) in [5.74, 6) is 0.649. The predicted octanol–water partition coefficient (Wildman–Crippen LogP) is 1.83. The zero-order chi connectivity index (χ0) is 10.8. The van der Waals surface area contributed by atoms with Crippen LogP contribution in [0.2, 0.25) is 0 Å². The van der Waals surface area contributed by atoms with Gasteiger partial charge in [-0.25, -0.2) is 0 Å². The van der Waals surface area contributed by atoms with Crippen molar-refractivity contribution in [3.63, 3.8) is 0 Å². The summed E-state index contributed by atoms with van der Waals surface area (Å²) in [7, 11) is 2.13. The van der Waals surface area contributed by atoms with Crippen LogP contribution in [0.15, 0.2) is 0 Å². The second-order valence-corrected chi connectivity index (χ2v) is 5.31. The van der Waals surface area contributed by atoms with E-state index in [1.807, 2.05) is 0 Å². The third-order valence-corrected chi connectivity index (χ3v) is 3.83. The summed E-state index contributed by atoms with van der Waals surface area (Å²) in [6.07, 6.45) is 6.42. The Hall–Kier alpha value is -0.570. The summed E-state index contributed by atoms with van der Waals surface area (Å²) in [6, 6.07) is 0. The summed E-state index contributed by atoms with van der Waals surface area (Å²) >= 11 is 0. The summed E-state index contributed by atoms with van der Waals surface area (Å²) < 4.78 is 0. The fraction of sp³-hybridized carbons (Fsp3) is 0.917. The van der Waals surface area contributed by atoms with E-state index in [4.69, 9.17) is 5.11 Å². The van der Waals surface area contributed by atoms with Crippen LogP contribution >= 0.6 is 0 Å². The van der Waals surface area contributed by atoms with Crippen LogP contribution in [0, 0.1) is 17.8 Å². The van der Waals surface area contributed by atoms with E-state index in [9.17, 15) is 4.79 Å². The third kappa shape index (κ3) is 2.94. The molecule has 0 bridgehead atoms. The van der Waals surface area contributed by atoms with Crippen LogP contribution in [0.5, 0.6) is 0 Å². The van der Waals surface area contributed by atoms with Crippen molar-refractivity contribution in [2.24, 2.45) is 17.8 Å². The van der Waals surface area contributed by atoms with Gasteiger partial charge in [-0.2, -0.15) is 0 Å². The zero-order valence-corrected chi connectivity index (χ0v) is 9.48. The molecule has 0 aromatic heterocycles. The van der Waals surface area contributed by atoms with E-state index in [0.29, 0.717) is 5.92 Å². The van der Waals surface area contributed by atoms with Gasteiger partial charge in [0.25, 0.3) is 0 Å². The van der Waals surface area contributed by atoms with Crippen LogP contribution in [0.25, 0.3) is 0 Å². The smallest absolute Gasteiger partial charge is 0.306 e. The van der Waals surface area contributed by atoms with Crippen molar-refractivity contribution in [2.45, 2.75) is 32.1 Å². The van der Waals surface area contributed by atoms with Crippen LogP contribution in [0.4, 0.5) is 0 Å². The lowest BCUT2D eigenvalue weighted by Crippen LogP contribution is -2.27. The van der Waals surface area contributed by atoms with Crippen LogP contribution in [-0.4, -0.2) is 36.1 Å². The molecule has 0 spiro atoms. The van der Waals surface area contributed by atoms with Gasteiger partial charge < -0.3 is 10.0 Å². The molecule has 1 N–H and O–H groups in total. The fourth-order valence-electron chi connectivity index (χ4n) is 2.86. The molecular weight excluding hydrogens is 190 g/mol. The molecule has 2 unspecified atom stereocenters. The summed E-state index contributed by atoms with van der Waals surface area (Å²) in [5.41, 5.74) is 0. The Morgan fingerprint density at radius 2 is 2.00 bits per heavy atom. The van der Waals surface area contributed by atoms with Gasteiger partial charge in [-0.05, 0) is 38.1 Å². The van der Waals surface area contributed by atoms with Gasteiger partial charge in [-0.15, -0.1) is 0 Å². The Morgan fingerprint density at radius 3 is 2.53 bits per heavy atom. The van der Waals surface area contributed by atoms with Crippen molar-refractivity contribution in [1.29, 1.82) is 0 Å². The molecule has 0 heterocycles. The molecule has 2 aliphatic carbocycles. The minimum absolute atomic E-state index is 0.0453. The number of carboxylic acid groups (broad SMARTS) is 1. The molecule has 2 atom stereocenters. The number of carboxylic acids is 1. The van der Waals surface area contributed by atoms with E-state index in [0.717, 1.165) is 18.9 Å². The van der Waals surface area contributed by atoms with Gasteiger partial charge in [0.05, 0.1) is 5.92 Å². The molecule has 0 aliphatic heterocycles. The molecule has 15 heavy (non-hydrogen) atoms. The Morgan fingerprint density at radius 1 is 1.33 bits per heavy atom. The topological polar surface area (TPSA) is 40.5 Å². The van der Waals surface area contributed by atoms with Crippen LogP contribution < -0.4 is 0 Å². The van der Waals surface area contributed by atoms with E-state index in [-0.39, 0.29) is 5.92 Å². The first-order valence-corrected chi connectivity index (χ1v) is 6.08. The first-order chi connectivity index (χ1) is 7.16. The van der Waals surface area contributed by atoms with Crippen LogP contribution in [-0.2, 0) is 4.79 Å².